The highest BCUT2D eigenvalue weighted by Crippen LogP contribution is 2.34. The molecule has 0 bridgehead atoms. The number of aliphatic hydroxyl groups excluding tert-OH is 2. The predicted octanol–water partition coefficient (Wildman–Crippen LogP) is 3.35. The van der Waals surface area contributed by atoms with Gasteiger partial charge >= 0.3 is 0 Å². The van der Waals surface area contributed by atoms with Crippen LogP contribution in [-0.2, 0) is 27.4 Å². The van der Waals surface area contributed by atoms with Crippen LogP contribution in [0.4, 0.5) is 0 Å². The van der Waals surface area contributed by atoms with E-state index in [0.29, 0.717) is 25.9 Å². The molecule has 1 aromatic rings. The maximum absolute atomic E-state index is 12.3. The highest BCUT2D eigenvalue weighted by Gasteiger charge is 2.39. The molecule has 1 aromatic carbocycles. The van der Waals surface area contributed by atoms with E-state index in [4.69, 9.17) is 4.74 Å². The smallest absolute Gasteiger partial charge is 0.139 e. The van der Waals surface area contributed by atoms with E-state index in [1.54, 1.807) is 31.9 Å². The second kappa shape index (κ2) is 13.1. The largest absolute Gasteiger partial charge is 0.392 e. The van der Waals surface area contributed by atoms with Crippen molar-refractivity contribution >= 4 is 23.3 Å². The molecule has 2 rings (SSSR count). The molecule has 0 aromatic heterocycles. The summed E-state index contributed by atoms with van der Waals surface area (Å²) in [6, 6.07) is 7.92. The van der Waals surface area contributed by atoms with Crippen LogP contribution in [0.1, 0.15) is 43.7 Å². The number of carbonyl (C=O) groups is 2. The molecule has 1 aliphatic carbocycles. The van der Waals surface area contributed by atoms with Crippen molar-refractivity contribution < 1.29 is 24.5 Å². The van der Waals surface area contributed by atoms with Crippen molar-refractivity contribution in [2.24, 2.45) is 11.8 Å². The number of rotatable bonds is 13. The average Bonchev–Trinajstić information content (AvgIpc) is 2.95. The third kappa shape index (κ3) is 8.34. The van der Waals surface area contributed by atoms with Crippen LogP contribution in [0.2, 0.25) is 0 Å². The maximum atomic E-state index is 12.3. The summed E-state index contributed by atoms with van der Waals surface area (Å²) in [5.74, 6) is 1.60. The van der Waals surface area contributed by atoms with Gasteiger partial charge in [-0.05, 0) is 42.4 Å². The van der Waals surface area contributed by atoms with Crippen LogP contribution in [-0.4, -0.2) is 52.6 Å². The van der Waals surface area contributed by atoms with Crippen LogP contribution in [0.25, 0.3) is 0 Å². The number of carbonyl (C=O) groups excluding carboxylic acids is 2. The van der Waals surface area contributed by atoms with Gasteiger partial charge in [-0.2, -0.15) is 11.8 Å². The van der Waals surface area contributed by atoms with Gasteiger partial charge in [-0.3, -0.25) is 4.79 Å². The zero-order valence-electron chi connectivity index (χ0n) is 18.0. The molecular formula is C24H34O5S. The number of methoxy groups -OCH3 is 1. The molecule has 1 aliphatic rings. The fourth-order valence-corrected chi connectivity index (χ4v) is 4.88. The molecule has 166 valence electrons. The van der Waals surface area contributed by atoms with Gasteiger partial charge in [0.15, 0.2) is 0 Å². The summed E-state index contributed by atoms with van der Waals surface area (Å²) in [7, 11) is 1.65. The van der Waals surface area contributed by atoms with Crippen molar-refractivity contribution in [3.8, 4) is 0 Å². The highest BCUT2D eigenvalue weighted by atomic mass is 32.2. The Morgan fingerprint density at radius 1 is 1.33 bits per heavy atom. The Hall–Kier alpha value is -1.47. The lowest BCUT2D eigenvalue weighted by molar-refractivity contribution is -0.121. The summed E-state index contributed by atoms with van der Waals surface area (Å²) >= 11 is 1.75. The Balaban J connectivity index is 1.85. The van der Waals surface area contributed by atoms with E-state index in [1.165, 1.54) is 0 Å². The molecule has 0 saturated heterocycles. The normalized spacial score (nSPS) is 22.7. The zero-order valence-corrected chi connectivity index (χ0v) is 18.8. The van der Waals surface area contributed by atoms with Gasteiger partial charge < -0.3 is 19.7 Å². The summed E-state index contributed by atoms with van der Waals surface area (Å²) in [5.41, 5.74) is 2.08. The lowest BCUT2D eigenvalue weighted by Crippen LogP contribution is -2.20. The Morgan fingerprint density at radius 3 is 2.83 bits per heavy atom. The summed E-state index contributed by atoms with van der Waals surface area (Å²) in [6.45, 7) is 2.13. The number of aliphatic hydroxyl groups is 2. The second-order valence-corrected chi connectivity index (χ2v) is 9.26. The molecule has 1 saturated carbocycles. The number of ether oxygens (including phenoxy) is 1. The lowest BCUT2D eigenvalue weighted by Gasteiger charge is -2.18. The quantitative estimate of drug-likeness (QED) is 0.366. The van der Waals surface area contributed by atoms with Crippen molar-refractivity contribution in [2.45, 2.75) is 57.8 Å². The lowest BCUT2D eigenvalue weighted by atomic mass is 9.91. The van der Waals surface area contributed by atoms with Crippen LogP contribution in [0.3, 0.4) is 0 Å². The van der Waals surface area contributed by atoms with E-state index in [2.05, 4.69) is 0 Å². The van der Waals surface area contributed by atoms with Gasteiger partial charge in [-0.25, -0.2) is 0 Å². The van der Waals surface area contributed by atoms with Crippen LogP contribution in [0, 0.1) is 11.8 Å². The van der Waals surface area contributed by atoms with Gasteiger partial charge in [0.1, 0.15) is 11.6 Å². The topological polar surface area (TPSA) is 83.8 Å². The number of thioether (sulfide) groups is 1. The van der Waals surface area contributed by atoms with Crippen LogP contribution in [0.5, 0.6) is 0 Å². The van der Waals surface area contributed by atoms with Gasteiger partial charge in [-0.1, -0.05) is 36.4 Å². The van der Waals surface area contributed by atoms with Crippen molar-refractivity contribution in [3.05, 3.63) is 47.5 Å². The fraction of sp³-hybridized carbons (Fsp3) is 0.583. The van der Waals surface area contributed by atoms with Gasteiger partial charge in [0.2, 0.25) is 0 Å². The molecule has 0 heterocycles. The molecule has 0 unspecified atom stereocenters. The minimum Gasteiger partial charge on any atom is -0.392 e. The molecule has 30 heavy (non-hydrogen) atoms. The summed E-state index contributed by atoms with van der Waals surface area (Å²) in [5, 5.41) is 20.7. The Morgan fingerprint density at radius 2 is 2.10 bits per heavy atom. The monoisotopic (exact) mass is 434 g/mol. The SMILES string of the molecule is COCc1cccc(C[C@H](O)/C=C/[C@H]2[C@H](O)CC(=O)[C@@H]2CCSCCCC(C)=O)c1. The van der Waals surface area contributed by atoms with E-state index in [9.17, 15) is 19.8 Å². The fourth-order valence-electron chi connectivity index (χ4n) is 3.91. The van der Waals surface area contributed by atoms with Crippen molar-refractivity contribution in [2.75, 3.05) is 18.6 Å². The molecule has 0 amide bonds. The van der Waals surface area contributed by atoms with Gasteiger partial charge in [0, 0.05) is 38.2 Å². The van der Waals surface area contributed by atoms with Gasteiger partial charge in [-0.15, -0.1) is 0 Å². The Kier molecular flexibility index (Phi) is 10.8. The highest BCUT2D eigenvalue weighted by molar-refractivity contribution is 7.99. The summed E-state index contributed by atoms with van der Waals surface area (Å²) in [6.07, 6.45) is 5.02. The van der Waals surface area contributed by atoms with E-state index in [0.717, 1.165) is 29.1 Å². The number of ketones is 2. The number of hydrogen-bond acceptors (Lipinski definition) is 6. The van der Waals surface area contributed by atoms with E-state index >= 15 is 0 Å². The van der Waals surface area contributed by atoms with Gasteiger partial charge in [0.05, 0.1) is 18.8 Å². The molecule has 0 spiro atoms. The van der Waals surface area contributed by atoms with Crippen LogP contribution < -0.4 is 0 Å². The number of benzene rings is 1. The third-order valence-electron chi connectivity index (χ3n) is 5.43. The first kappa shape index (κ1) is 24.8. The molecule has 0 aliphatic heterocycles. The van der Waals surface area contributed by atoms with Crippen LogP contribution >= 0.6 is 11.8 Å². The second-order valence-electron chi connectivity index (χ2n) is 8.04. The molecule has 6 heteroatoms. The average molecular weight is 435 g/mol. The van der Waals surface area contributed by atoms with E-state index in [-0.39, 0.29) is 29.8 Å². The van der Waals surface area contributed by atoms with E-state index in [1.807, 2.05) is 30.3 Å². The third-order valence-corrected chi connectivity index (χ3v) is 6.53. The standard InChI is InChI=1S/C24H34O5S/c1-17(25)5-4-11-30-12-10-22-21(23(27)15-24(22)28)9-8-20(26)14-18-6-3-7-19(13-18)16-29-2/h3,6-9,13,20-23,26-27H,4-5,10-12,14-16H2,1-2H3/b9-8+/t20-,21-,22-,23-/m1/s1. The Labute approximate surface area is 183 Å². The molecule has 0 radical (unpaired) electrons. The molecule has 4 atom stereocenters. The number of hydrogen-bond donors (Lipinski definition) is 2. The van der Waals surface area contributed by atoms with Gasteiger partial charge in [0.25, 0.3) is 0 Å². The minimum absolute atomic E-state index is 0.100. The Bertz CT molecular complexity index is 717. The van der Waals surface area contributed by atoms with Crippen LogP contribution in [0.15, 0.2) is 36.4 Å². The van der Waals surface area contributed by atoms with E-state index < -0.39 is 12.2 Å². The number of Topliss-reactive ketones (excluding diaryl/α,β-unsaturated/α-hetero) is 2. The predicted molar refractivity (Wildman–Crippen MR) is 120 cm³/mol. The summed E-state index contributed by atoms with van der Waals surface area (Å²) in [4.78, 5) is 23.3. The first-order chi connectivity index (χ1) is 14.4. The minimum atomic E-state index is -0.682. The molecular weight excluding hydrogens is 400 g/mol. The first-order valence-corrected chi connectivity index (χ1v) is 11.8. The maximum Gasteiger partial charge on any atom is 0.139 e. The van der Waals surface area contributed by atoms with Crippen molar-refractivity contribution in [1.29, 1.82) is 0 Å². The zero-order chi connectivity index (χ0) is 21.9. The molecule has 1 fully saturated rings. The summed E-state index contributed by atoms with van der Waals surface area (Å²) < 4.78 is 5.15. The van der Waals surface area contributed by atoms with Crippen molar-refractivity contribution in [1.82, 2.24) is 0 Å². The van der Waals surface area contributed by atoms with Crippen molar-refractivity contribution in [3.63, 3.8) is 0 Å². The molecule has 5 nitrogen and oxygen atoms in total. The molecule has 2 N–H and O–H groups in total. The first-order valence-electron chi connectivity index (χ1n) is 10.6.